The minimum absolute atomic E-state index is 0. The van der Waals surface area contributed by atoms with Crippen molar-refractivity contribution in [1.29, 1.82) is 0 Å². The molecule has 3 aromatic rings. The molecule has 0 unspecified atom stereocenters. The molecule has 20 heavy (non-hydrogen) atoms. The Balaban J connectivity index is 0. The van der Waals surface area contributed by atoms with Crippen LogP contribution >= 0.6 is 24.8 Å². The van der Waals surface area contributed by atoms with E-state index in [2.05, 4.69) is 72.8 Å². The van der Waals surface area contributed by atoms with Gasteiger partial charge in [-0.2, -0.15) is 17.5 Å². The van der Waals surface area contributed by atoms with Crippen LogP contribution in [0.25, 0.3) is 10.8 Å². The average Bonchev–Trinajstić information content (AvgIpc) is 2.89. The quantitative estimate of drug-likeness (QED) is 0.422. The van der Waals surface area contributed by atoms with Gasteiger partial charge in [0.15, 0.2) is 0 Å². The molecule has 0 bridgehead atoms. The van der Waals surface area contributed by atoms with Crippen LogP contribution in [0.5, 0.6) is 0 Å². The van der Waals surface area contributed by atoms with Crippen LogP contribution in [-0.2, 0) is 23.3 Å². The zero-order chi connectivity index (χ0) is 11.9. The van der Waals surface area contributed by atoms with Crippen LogP contribution in [0.3, 0.4) is 0 Å². The molecule has 0 atom stereocenters. The molecule has 0 aliphatic carbocycles. The van der Waals surface area contributed by atoms with Crippen molar-refractivity contribution in [3.63, 3.8) is 0 Å². The number of hydrogen-bond donors (Lipinski definition) is 0. The second-order valence-electron chi connectivity index (χ2n) is 3.65. The summed E-state index contributed by atoms with van der Waals surface area (Å²) in [4.78, 5) is 0. The van der Waals surface area contributed by atoms with E-state index in [-0.39, 0.29) is 32.2 Å². The van der Waals surface area contributed by atoms with Gasteiger partial charge in [0.1, 0.15) is 0 Å². The first kappa shape index (κ1) is 22.0. The molecule has 3 aromatic carbocycles. The van der Waals surface area contributed by atoms with Gasteiger partial charge in [-0.25, -0.2) is 0 Å². The number of rotatable bonds is 1. The van der Waals surface area contributed by atoms with Crippen LogP contribution in [0, 0.1) is 7.43 Å². The van der Waals surface area contributed by atoms with Gasteiger partial charge < -0.3 is 7.43 Å². The zero-order valence-electron chi connectivity index (χ0n) is 11.2. The van der Waals surface area contributed by atoms with E-state index in [1.807, 2.05) is 0 Å². The van der Waals surface area contributed by atoms with E-state index < -0.39 is 0 Å². The minimum atomic E-state index is 0. The van der Waals surface area contributed by atoms with Crippen molar-refractivity contribution in [3.8, 4) is 0 Å². The second kappa shape index (κ2) is 12.5. The van der Waals surface area contributed by atoms with Crippen molar-refractivity contribution in [2.45, 2.75) is 0 Å². The summed E-state index contributed by atoms with van der Waals surface area (Å²) in [7, 11) is 0. The monoisotopic (exact) mass is 397 g/mol. The van der Waals surface area contributed by atoms with E-state index in [4.69, 9.17) is 0 Å². The summed E-state index contributed by atoms with van der Waals surface area (Å²) >= 11 is 1.62. The summed E-state index contributed by atoms with van der Waals surface area (Å²) in [5.41, 5.74) is 0. The molecule has 103 valence electrons. The smallest absolute Gasteiger partial charge is 0.0809 e. The van der Waals surface area contributed by atoms with Crippen molar-refractivity contribution in [2.24, 2.45) is 0 Å². The van der Waals surface area contributed by atoms with Crippen LogP contribution in [-0.4, -0.2) is 6.16 Å². The van der Waals surface area contributed by atoms with Crippen molar-refractivity contribution < 1.29 is 23.3 Å². The molecule has 0 saturated carbocycles. The summed E-state index contributed by atoms with van der Waals surface area (Å²) in [6, 6.07) is 25.3. The molecule has 0 aliphatic heterocycles. The third kappa shape index (κ3) is 6.95. The normalized spacial score (nSPS) is 8.10. The molecule has 0 aliphatic rings. The summed E-state index contributed by atoms with van der Waals surface area (Å²) in [6.07, 6.45) is 1.02. The Hall–Kier alpha value is -0.270. The summed E-state index contributed by atoms with van der Waals surface area (Å²) in [5.74, 6) is 0. The Bertz CT molecular complexity index is 563. The van der Waals surface area contributed by atoms with E-state index in [1.54, 1.807) is 23.3 Å². The molecule has 0 spiro atoms. The second-order valence-corrected chi connectivity index (χ2v) is 6.32. The first-order valence-corrected chi connectivity index (χ1v) is 10.2. The van der Waals surface area contributed by atoms with Gasteiger partial charge in [-0.15, -0.1) is 54.5 Å². The number of hydrogen-bond acceptors (Lipinski definition) is 0. The Morgan fingerprint density at radius 1 is 0.800 bits per heavy atom. The zero-order valence-corrected chi connectivity index (χ0v) is 16.3. The minimum Gasteiger partial charge on any atom is -0.168 e. The summed E-state index contributed by atoms with van der Waals surface area (Å²) < 4.78 is 0. The molecule has 0 nitrogen and oxygen atoms in total. The molecule has 3 rings (SSSR count). The van der Waals surface area contributed by atoms with Crippen LogP contribution < -0.4 is 5.19 Å². The van der Waals surface area contributed by atoms with E-state index in [9.17, 15) is 0 Å². The Labute approximate surface area is 149 Å². The molecule has 0 heterocycles. The maximum atomic E-state index is 2.17. The predicted molar refractivity (Wildman–Crippen MR) is 92.3 cm³/mol. The van der Waals surface area contributed by atoms with Crippen molar-refractivity contribution in [1.82, 2.24) is 0 Å². The van der Waals surface area contributed by atoms with Gasteiger partial charge in [-0.1, -0.05) is 6.07 Å². The van der Waals surface area contributed by atoms with Gasteiger partial charge in [0.2, 0.25) is 0 Å². The van der Waals surface area contributed by atoms with Crippen LogP contribution in [0.1, 0.15) is 0 Å². The molecule has 0 aromatic heterocycles. The first-order chi connectivity index (χ1) is 8.40. The van der Waals surface area contributed by atoms with Crippen LogP contribution in [0.4, 0.5) is 0 Å². The molecule has 0 fully saturated rings. The number of fused-ring (bicyclic) bond motifs is 1. The summed E-state index contributed by atoms with van der Waals surface area (Å²) in [6.45, 7) is 0. The van der Waals surface area contributed by atoms with Crippen molar-refractivity contribution >= 4 is 46.9 Å². The van der Waals surface area contributed by atoms with Crippen molar-refractivity contribution in [3.05, 3.63) is 80.2 Å². The van der Waals surface area contributed by atoms with E-state index in [1.165, 1.54) is 16.0 Å². The fourth-order valence-corrected chi connectivity index (χ4v) is 3.18. The molecule has 4 heteroatoms. The van der Waals surface area contributed by atoms with Gasteiger partial charge in [-0.05, 0) is 0 Å². The first-order valence-electron chi connectivity index (χ1n) is 5.48. The Morgan fingerprint density at radius 2 is 1.40 bits per heavy atom. The van der Waals surface area contributed by atoms with Gasteiger partial charge in [0.25, 0.3) is 0 Å². The number of halogens is 2. The Morgan fingerprint density at radius 3 is 1.95 bits per heavy atom. The third-order valence-electron chi connectivity index (χ3n) is 2.47. The van der Waals surface area contributed by atoms with Crippen LogP contribution in [0.15, 0.2) is 72.8 Å². The van der Waals surface area contributed by atoms with Gasteiger partial charge in [0.05, 0.1) is 0 Å². The SMILES string of the molecule is Cl.Cl.[CH3-].[Zr+2]=[Si]c1ccccc1.c1ccc2[cH-]ccc2c1. The predicted octanol–water partition coefficient (Wildman–Crippen LogP) is 4.33. The maximum absolute atomic E-state index is 2.17. The van der Waals surface area contributed by atoms with Gasteiger partial charge >= 0.3 is 65.0 Å². The topological polar surface area (TPSA) is 0 Å². The summed E-state index contributed by atoms with van der Waals surface area (Å²) in [5, 5.41) is 4.14. The van der Waals surface area contributed by atoms with Crippen molar-refractivity contribution in [2.75, 3.05) is 0 Å². The fraction of sp³-hybridized carbons (Fsp3) is 0. The molecular formula is C16H17Cl2SiZr. The largest absolute Gasteiger partial charge is 0.168 e. The standard InChI is InChI=1S/C9H7.C6H5Si.CH3.2ClH.Zr/c1-2-5-9-7-3-6-8(9)4-1;7-6-4-2-1-3-5-6;;;;/h1-7H;1-5H;1H3;2*1H;/q-1;;-1;;;+2. The molecular weight excluding hydrogens is 382 g/mol. The molecule has 0 N–H and O–H groups in total. The van der Waals surface area contributed by atoms with E-state index >= 15 is 0 Å². The fourth-order valence-electron chi connectivity index (χ4n) is 1.59. The maximum Gasteiger partial charge on any atom is -0.0809 e. The molecule has 1 radical (unpaired) electrons. The third-order valence-corrected chi connectivity index (χ3v) is 5.22. The number of benzene rings is 2. The van der Waals surface area contributed by atoms with E-state index in [0.717, 1.165) is 6.16 Å². The van der Waals surface area contributed by atoms with Gasteiger partial charge in [0, 0.05) is 0 Å². The molecule has 0 amide bonds. The van der Waals surface area contributed by atoms with Gasteiger partial charge in [-0.3, -0.25) is 0 Å². The van der Waals surface area contributed by atoms with E-state index in [0.29, 0.717) is 0 Å². The Kier molecular flexibility index (Phi) is 13.7. The molecule has 0 saturated heterocycles. The van der Waals surface area contributed by atoms with Crippen LogP contribution in [0.2, 0.25) is 0 Å². The average molecular weight is 400 g/mol.